The van der Waals surface area contributed by atoms with E-state index in [4.69, 9.17) is 0 Å². The topological polar surface area (TPSA) is 29.1 Å². The minimum absolute atomic E-state index is 0.0488. The maximum atomic E-state index is 12.3. The summed E-state index contributed by atoms with van der Waals surface area (Å²) in [7, 11) is 0. The molecule has 0 bridgehead atoms. The van der Waals surface area contributed by atoms with E-state index in [1.807, 2.05) is 48.5 Å². The molecule has 1 atom stereocenters. The van der Waals surface area contributed by atoms with Gasteiger partial charge in [-0.15, -0.1) is 0 Å². The Labute approximate surface area is 130 Å². The van der Waals surface area contributed by atoms with Gasteiger partial charge < -0.3 is 5.32 Å². The zero-order chi connectivity index (χ0) is 15.4. The first-order valence-corrected chi connectivity index (χ1v) is 7.56. The summed E-state index contributed by atoms with van der Waals surface area (Å²) < 4.78 is 0. The van der Waals surface area contributed by atoms with Crippen LogP contribution in [-0.2, 0) is 4.79 Å². The van der Waals surface area contributed by atoms with Crippen LogP contribution in [0.25, 0.3) is 10.8 Å². The molecule has 2 heteroatoms. The molecule has 3 aromatic rings. The van der Waals surface area contributed by atoms with Gasteiger partial charge in [-0.2, -0.15) is 0 Å². The van der Waals surface area contributed by atoms with E-state index >= 15 is 0 Å². The third-order valence-corrected chi connectivity index (χ3v) is 3.92. The molecule has 0 aliphatic heterocycles. The molecule has 2 nitrogen and oxygen atoms in total. The van der Waals surface area contributed by atoms with Gasteiger partial charge in [0.25, 0.3) is 0 Å². The van der Waals surface area contributed by atoms with E-state index in [2.05, 4.69) is 36.5 Å². The highest BCUT2D eigenvalue weighted by molar-refractivity contribution is 6.02. The number of carbonyl (C=O) groups excluding carboxylic acids is 1. The van der Waals surface area contributed by atoms with Crippen LogP contribution in [0.4, 0.5) is 5.69 Å². The number of hydrogen-bond acceptors (Lipinski definition) is 1. The number of hydrogen-bond donors (Lipinski definition) is 1. The molecule has 0 aliphatic carbocycles. The van der Waals surface area contributed by atoms with Crippen LogP contribution in [0.15, 0.2) is 72.8 Å². The largest absolute Gasteiger partial charge is 0.325 e. The normalized spacial score (nSPS) is 12.0. The maximum Gasteiger partial charge on any atom is 0.224 e. The Kier molecular flexibility index (Phi) is 4.19. The lowest BCUT2D eigenvalue weighted by Crippen LogP contribution is -2.14. The smallest absolute Gasteiger partial charge is 0.224 e. The van der Waals surface area contributed by atoms with Crippen LogP contribution >= 0.6 is 0 Å². The second-order valence-electron chi connectivity index (χ2n) is 5.59. The van der Waals surface area contributed by atoms with Crippen molar-refractivity contribution in [2.24, 2.45) is 0 Å². The molecule has 0 spiro atoms. The molecule has 3 rings (SSSR count). The summed E-state index contributed by atoms with van der Waals surface area (Å²) in [6, 6.07) is 24.2. The van der Waals surface area contributed by atoms with E-state index in [0.29, 0.717) is 6.42 Å². The number of fused-ring (bicyclic) bond motifs is 1. The highest BCUT2D eigenvalue weighted by Crippen LogP contribution is 2.24. The van der Waals surface area contributed by atoms with Crippen molar-refractivity contribution in [1.29, 1.82) is 0 Å². The predicted molar refractivity (Wildman–Crippen MR) is 92.1 cm³/mol. The Morgan fingerprint density at radius 3 is 2.41 bits per heavy atom. The van der Waals surface area contributed by atoms with E-state index in [0.717, 1.165) is 16.5 Å². The van der Waals surface area contributed by atoms with Crippen LogP contribution in [0, 0.1) is 0 Å². The van der Waals surface area contributed by atoms with Gasteiger partial charge in [-0.1, -0.05) is 73.7 Å². The number of rotatable bonds is 4. The third kappa shape index (κ3) is 3.17. The average Bonchev–Trinajstić information content (AvgIpc) is 2.56. The van der Waals surface area contributed by atoms with Gasteiger partial charge in [0, 0.05) is 17.5 Å². The number of nitrogens with one attached hydrogen (secondary N) is 1. The van der Waals surface area contributed by atoms with Crippen molar-refractivity contribution in [2.45, 2.75) is 19.3 Å². The highest BCUT2D eigenvalue weighted by atomic mass is 16.1. The van der Waals surface area contributed by atoms with Gasteiger partial charge in [0.05, 0.1) is 0 Å². The van der Waals surface area contributed by atoms with Crippen molar-refractivity contribution in [1.82, 2.24) is 0 Å². The van der Waals surface area contributed by atoms with Crippen LogP contribution < -0.4 is 5.32 Å². The molecule has 22 heavy (non-hydrogen) atoms. The molecule has 0 aromatic heterocycles. The lowest BCUT2D eigenvalue weighted by Gasteiger charge is -2.13. The van der Waals surface area contributed by atoms with Crippen molar-refractivity contribution in [3.05, 3.63) is 78.4 Å². The van der Waals surface area contributed by atoms with Crippen LogP contribution in [0.2, 0.25) is 0 Å². The zero-order valence-corrected chi connectivity index (χ0v) is 12.6. The third-order valence-electron chi connectivity index (χ3n) is 3.92. The maximum absolute atomic E-state index is 12.3. The fourth-order valence-electron chi connectivity index (χ4n) is 2.71. The molecule has 110 valence electrons. The summed E-state index contributed by atoms with van der Waals surface area (Å²) >= 11 is 0. The van der Waals surface area contributed by atoms with E-state index in [9.17, 15) is 4.79 Å². The Balaban J connectivity index is 1.74. The second-order valence-corrected chi connectivity index (χ2v) is 5.59. The Morgan fingerprint density at radius 2 is 1.59 bits per heavy atom. The van der Waals surface area contributed by atoms with Crippen molar-refractivity contribution < 1.29 is 4.79 Å². The summed E-state index contributed by atoms with van der Waals surface area (Å²) in [5.41, 5.74) is 2.07. The molecule has 0 aliphatic rings. The number of benzene rings is 3. The van der Waals surface area contributed by atoms with Crippen LogP contribution in [-0.4, -0.2) is 5.91 Å². The molecule has 1 N–H and O–H groups in total. The lowest BCUT2D eigenvalue weighted by molar-refractivity contribution is -0.116. The number of anilines is 1. The molecule has 0 fully saturated rings. The fraction of sp³-hybridized carbons (Fsp3) is 0.150. The zero-order valence-electron chi connectivity index (χ0n) is 12.6. The van der Waals surface area contributed by atoms with Crippen molar-refractivity contribution in [3.63, 3.8) is 0 Å². The minimum atomic E-state index is 0.0488. The summed E-state index contributed by atoms with van der Waals surface area (Å²) in [5.74, 6) is 0.254. The highest BCUT2D eigenvalue weighted by Gasteiger charge is 2.12. The van der Waals surface area contributed by atoms with Gasteiger partial charge in [-0.25, -0.2) is 0 Å². The number of amides is 1. The monoisotopic (exact) mass is 289 g/mol. The average molecular weight is 289 g/mol. The molecule has 1 amide bonds. The van der Waals surface area contributed by atoms with Crippen LogP contribution in [0.5, 0.6) is 0 Å². The minimum Gasteiger partial charge on any atom is -0.325 e. The van der Waals surface area contributed by atoms with Gasteiger partial charge in [0.1, 0.15) is 0 Å². The molecule has 0 heterocycles. The summed E-state index contributed by atoms with van der Waals surface area (Å²) in [4.78, 5) is 12.3. The van der Waals surface area contributed by atoms with E-state index in [1.54, 1.807) is 0 Å². The molecule has 0 saturated heterocycles. The van der Waals surface area contributed by atoms with Crippen molar-refractivity contribution in [2.75, 3.05) is 5.32 Å². The predicted octanol–water partition coefficient (Wildman–Crippen LogP) is 4.97. The van der Waals surface area contributed by atoms with Gasteiger partial charge in [-0.05, 0) is 22.9 Å². The standard InChI is InChI=1S/C20H19NO/c1-15(16-8-3-2-4-9-16)14-20(22)21-19-13-7-11-17-10-5-6-12-18(17)19/h2-13,15H,14H2,1H3,(H,21,22)/t15-/m1/s1. The lowest BCUT2D eigenvalue weighted by atomic mass is 9.97. The SMILES string of the molecule is C[C@H](CC(=O)Nc1cccc2ccccc12)c1ccccc1. The van der Waals surface area contributed by atoms with E-state index < -0.39 is 0 Å². The fourth-order valence-corrected chi connectivity index (χ4v) is 2.71. The molecular weight excluding hydrogens is 270 g/mol. The molecule has 0 radical (unpaired) electrons. The first kappa shape index (κ1) is 14.3. The summed E-state index contributed by atoms with van der Waals surface area (Å²) in [6.45, 7) is 2.08. The summed E-state index contributed by atoms with van der Waals surface area (Å²) in [5, 5.41) is 5.26. The molecular formula is C20H19NO. The van der Waals surface area contributed by atoms with E-state index in [1.165, 1.54) is 5.56 Å². The second kappa shape index (κ2) is 6.44. The molecule has 0 saturated carbocycles. The van der Waals surface area contributed by atoms with Crippen molar-refractivity contribution in [3.8, 4) is 0 Å². The van der Waals surface area contributed by atoms with Crippen LogP contribution in [0.1, 0.15) is 24.8 Å². The van der Waals surface area contributed by atoms with Gasteiger partial charge >= 0.3 is 0 Å². The van der Waals surface area contributed by atoms with Gasteiger partial charge in [0.2, 0.25) is 5.91 Å². The summed E-state index contributed by atoms with van der Waals surface area (Å²) in [6.07, 6.45) is 0.479. The Bertz CT molecular complexity index is 775. The molecule has 0 unspecified atom stereocenters. The number of carbonyl (C=O) groups is 1. The Morgan fingerprint density at radius 1 is 0.909 bits per heavy atom. The van der Waals surface area contributed by atoms with Crippen molar-refractivity contribution >= 4 is 22.4 Å². The van der Waals surface area contributed by atoms with Gasteiger partial charge in [0.15, 0.2) is 0 Å². The first-order valence-electron chi connectivity index (χ1n) is 7.56. The Hall–Kier alpha value is -2.61. The van der Waals surface area contributed by atoms with Crippen LogP contribution in [0.3, 0.4) is 0 Å². The van der Waals surface area contributed by atoms with E-state index in [-0.39, 0.29) is 11.8 Å². The molecule has 3 aromatic carbocycles. The quantitative estimate of drug-likeness (QED) is 0.721. The van der Waals surface area contributed by atoms with Gasteiger partial charge in [-0.3, -0.25) is 4.79 Å². The first-order chi connectivity index (χ1) is 10.7.